The monoisotopic (exact) mass is 412 g/mol. The number of methoxy groups -OCH3 is 1. The van der Waals surface area contributed by atoms with Crippen molar-refractivity contribution in [2.75, 3.05) is 72.9 Å². The molecule has 0 aliphatic carbocycles. The van der Waals surface area contributed by atoms with Gasteiger partial charge in [-0.05, 0) is 31.2 Å². The number of thiophene rings is 1. The van der Waals surface area contributed by atoms with Gasteiger partial charge in [0.25, 0.3) is 0 Å². The third-order valence-corrected chi connectivity index (χ3v) is 5.54. The van der Waals surface area contributed by atoms with Gasteiger partial charge in [-0.25, -0.2) is 0 Å². The van der Waals surface area contributed by atoms with E-state index in [9.17, 15) is 0 Å². The molecular weight excluding hydrogens is 376 g/mol. The lowest BCUT2D eigenvalue weighted by atomic mass is 10.2. The third-order valence-electron chi connectivity index (χ3n) is 4.56. The summed E-state index contributed by atoms with van der Waals surface area (Å²) in [6.45, 7) is 10.2. The van der Waals surface area contributed by atoms with Gasteiger partial charge in [-0.3, -0.25) is 9.89 Å². The summed E-state index contributed by atoms with van der Waals surface area (Å²) in [4.78, 5) is 8.73. The number of rotatable bonds is 13. The van der Waals surface area contributed by atoms with Crippen molar-refractivity contribution in [2.24, 2.45) is 4.99 Å². The van der Waals surface area contributed by atoms with Crippen LogP contribution >= 0.6 is 11.3 Å². The molecule has 1 aromatic rings. The van der Waals surface area contributed by atoms with E-state index in [1.54, 1.807) is 18.4 Å². The van der Waals surface area contributed by atoms with Gasteiger partial charge >= 0.3 is 0 Å². The average Bonchev–Trinajstić information content (AvgIpc) is 3.25. The second kappa shape index (κ2) is 14.8. The first kappa shape index (κ1) is 23.1. The number of hydrogen-bond donors (Lipinski definition) is 2. The number of nitrogens with one attached hydrogen (secondary N) is 2. The maximum atomic E-state index is 5.52. The summed E-state index contributed by atoms with van der Waals surface area (Å²) in [6.07, 6.45) is 2.08. The highest BCUT2D eigenvalue weighted by atomic mass is 32.1. The second-order valence-corrected chi connectivity index (χ2v) is 7.62. The van der Waals surface area contributed by atoms with E-state index in [1.165, 1.54) is 4.88 Å². The molecule has 7 nitrogen and oxygen atoms in total. The van der Waals surface area contributed by atoms with Gasteiger partial charge in [-0.1, -0.05) is 6.07 Å². The van der Waals surface area contributed by atoms with Gasteiger partial charge in [-0.15, -0.1) is 11.3 Å². The molecule has 2 heterocycles. The van der Waals surface area contributed by atoms with Gasteiger partial charge in [-0.2, -0.15) is 0 Å². The summed E-state index contributed by atoms with van der Waals surface area (Å²) < 4.78 is 16.0. The number of aliphatic imine (C=N–C) groups is 1. The fraction of sp³-hybridized carbons (Fsp3) is 0.750. The van der Waals surface area contributed by atoms with Crippen LogP contribution < -0.4 is 10.6 Å². The van der Waals surface area contributed by atoms with Gasteiger partial charge in [0.05, 0.1) is 39.0 Å². The maximum Gasteiger partial charge on any atom is 0.191 e. The normalized spacial score (nSPS) is 16.9. The number of hydrogen-bond acceptors (Lipinski definition) is 6. The summed E-state index contributed by atoms with van der Waals surface area (Å²) in [6, 6.07) is 4.65. The fourth-order valence-corrected chi connectivity index (χ4v) is 3.91. The van der Waals surface area contributed by atoms with Crippen LogP contribution in [0.2, 0.25) is 0 Å². The third kappa shape index (κ3) is 8.87. The van der Waals surface area contributed by atoms with Crippen LogP contribution in [0.3, 0.4) is 0 Å². The fourth-order valence-electron chi connectivity index (χ4n) is 3.06. The van der Waals surface area contributed by atoms with E-state index >= 15 is 0 Å². The van der Waals surface area contributed by atoms with Crippen molar-refractivity contribution in [3.05, 3.63) is 22.4 Å². The molecule has 2 N–H and O–H groups in total. The first-order valence-corrected chi connectivity index (χ1v) is 11.2. The number of guanidine groups is 1. The topological polar surface area (TPSA) is 67.4 Å². The van der Waals surface area contributed by atoms with E-state index in [4.69, 9.17) is 19.2 Å². The van der Waals surface area contributed by atoms with E-state index in [0.717, 1.165) is 71.3 Å². The Kier molecular flexibility index (Phi) is 12.2. The average molecular weight is 413 g/mol. The molecule has 1 atom stereocenters. The Morgan fingerprint density at radius 3 is 2.82 bits per heavy atom. The Labute approximate surface area is 173 Å². The van der Waals surface area contributed by atoms with Crippen molar-refractivity contribution >= 4 is 17.3 Å². The molecule has 1 aromatic heterocycles. The van der Waals surface area contributed by atoms with Crippen molar-refractivity contribution in [3.8, 4) is 0 Å². The number of nitrogens with zero attached hydrogens (tertiary/aromatic N) is 2. The SMILES string of the molecule is CCNC(=NCC(c1cccs1)N1CCOCC1)NCCCCOCCOC. The van der Waals surface area contributed by atoms with Gasteiger partial charge in [0.15, 0.2) is 5.96 Å². The largest absolute Gasteiger partial charge is 0.382 e. The molecular formula is C20H36N4O3S. The summed E-state index contributed by atoms with van der Waals surface area (Å²) in [5.74, 6) is 0.887. The first-order valence-electron chi connectivity index (χ1n) is 10.3. The molecule has 1 fully saturated rings. The second-order valence-electron chi connectivity index (χ2n) is 6.64. The van der Waals surface area contributed by atoms with Crippen molar-refractivity contribution in [2.45, 2.75) is 25.8 Å². The van der Waals surface area contributed by atoms with Crippen LogP contribution in [0, 0.1) is 0 Å². The van der Waals surface area contributed by atoms with Crippen LogP contribution in [0.4, 0.5) is 0 Å². The lowest BCUT2D eigenvalue weighted by molar-refractivity contribution is 0.0186. The predicted molar refractivity (Wildman–Crippen MR) is 115 cm³/mol. The number of unbranched alkanes of at least 4 members (excludes halogenated alkanes) is 1. The van der Waals surface area contributed by atoms with E-state index in [2.05, 4.69) is 40.0 Å². The van der Waals surface area contributed by atoms with Crippen LogP contribution in [0.5, 0.6) is 0 Å². The Bertz CT molecular complexity index is 522. The van der Waals surface area contributed by atoms with Crippen LogP contribution in [-0.4, -0.2) is 83.7 Å². The molecule has 0 spiro atoms. The van der Waals surface area contributed by atoms with Crippen molar-refractivity contribution in [1.29, 1.82) is 0 Å². The van der Waals surface area contributed by atoms with E-state index in [0.29, 0.717) is 19.3 Å². The van der Waals surface area contributed by atoms with Crippen LogP contribution in [0.15, 0.2) is 22.5 Å². The molecule has 0 bridgehead atoms. The minimum absolute atomic E-state index is 0.313. The van der Waals surface area contributed by atoms with Crippen LogP contribution in [0.1, 0.15) is 30.7 Å². The van der Waals surface area contributed by atoms with Crippen molar-refractivity contribution in [1.82, 2.24) is 15.5 Å². The zero-order valence-electron chi connectivity index (χ0n) is 17.3. The molecule has 1 aliphatic heterocycles. The van der Waals surface area contributed by atoms with E-state index in [-0.39, 0.29) is 0 Å². The molecule has 0 aromatic carbocycles. The molecule has 0 saturated carbocycles. The van der Waals surface area contributed by atoms with Crippen molar-refractivity contribution in [3.63, 3.8) is 0 Å². The summed E-state index contributed by atoms with van der Waals surface area (Å²) in [5.41, 5.74) is 0. The lowest BCUT2D eigenvalue weighted by Crippen LogP contribution is -2.41. The van der Waals surface area contributed by atoms with Gasteiger partial charge in [0.2, 0.25) is 0 Å². The number of ether oxygens (including phenoxy) is 3. The van der Waals surface area contributed by atoms with Crippen LogP contribution in [0.25, 0.3) is 0 Å². The molecule has 160 valence electrons. The highest BCUT2D eigenvalue weighted by molar-refractivity contribution is 7.10. The Morgan fingerprint density at radius 1 is 1.25 bits per heavy atom. The highest BCUT2D eigenvalue weighted by Gasteiger charge is 2.23. The maximum absolute atomic E-state index is 5.52. The molecule has 0 amide bonds. The Hall–Kier alpha value is -1.19. The summed E-state index contributed by atoms with van der Waals surface area (Å²) in [5, 5.41) is 8.94. The van der Waals surface area contributed by atoms with E-state index in [1.807, 2.05) is 0 Å². The Morgan fingerprint density at radius 2 is 2.11 bits per heavy atom. The quantitative estimate of drug-likeness (QED) is 0.294. The predicted octanol–water partition coefficient (Wildman–Crippen LogP) is 2.12. The van der Waals surface area contributed by atoms with Crippen LogP contribution in [-0.2, 0) is 14.2 Å². The molecule has 2 rings (SSSR count). The smallest absolute Gasteiger partial charge is 0.191 e. The van der Waals surface area contributed by atoms with E-state index < -0.39 is 0 Å². The zero-order valence-corrected chi connectivity index (χ0v) is 18.1. The van der Waals surface area contributed by atoms with Crippen molar-refractivity contribution < 1.29 is 14.2 Å². The molecule has 1 saturated heterocycles. The molecule has 1 aliphatic rings. The molecule has 8 heteroatoms. The standard InChI is InChI=1S/C20H36N4O3S/c1-3-21-20(22-8-4-5-11-26-15-14-25-2)23-17-18(19-7-6-16-28-19)24-9-12-27-13-10-24/h6-7,16,18H,3-5,8-15,17H2,1-2H3,(H2,21,22,23). The minimum atomic E-state index is 0.313. The highest BCUT2D eigenvalue weighted by Crippen LogP contribution is 2.26. The number of morpholine rings is 1. The Balaban J connectivity index is 1.79. The molecule has 0 radical (unpaired) electrons. The molecule has 1 unspecified atom stereocenters. The zero-order chi connectivity index (χ0) is 19.9. The van der Waals surface area contributed by atoms with Gasteiger partial charge in [0.1, 0.15) is 0 Å². The first-order chi connectivity index (χ1) is 13.8. The van der Waals surface area contributed by atoms with Gasteiger partial charge < -0.3 is 24.8 Å². The summed E-state index contributed by atoms with van der Waals surface area (Å²) in [7, 11) is 1.69. The molecule has 28 heavy (non-hydrogen) atoms. The summed E-state index contributed by atoms with van der Waals surface area (Å²) >= 11 is 1.81. The minimum Gasteiger partial charge on any atom is -0.382 e. The lowest BCUT2D eigenvalue weighted by Gasteiger charge is -2.33. The van der Waals surface area contributed by atoms with Gasteiger partial charge in [0, 0.05) is 44.8 Å².